The highest BCUT2D eigenvalue weighted by molar-refractivity contribution is 8.13. The molecule has 5 heteroatoms. The van der Waals surface area contributed by atoms with Crippen molar-refractivity contribution < 1.29 is 19.4 Å². The van der Waals surface area contributed by atoms with Gasteiger partial charge in [-0.05, 0) is 25.5 Å². The number of aliphatic hydroxyl groups is 1. The fourth-order valence-electron chi connectivity index (χ4n) is 2.95. The lowest BCUT2D eigenvalue weighted by atomic mass is 9.85. The number of benzene rings is 1. The van der Waals surface area contributed by atoms with Gasteiger partial charge >= 0.3 is 0 Å². The summed E-state index contributed by atoms with van der Waals surface area (Å²) < 4.78 is 6.02. The van der Waals surface area contributed by atoms with Gasteiger partial charge in [0.05, 0.1) is 18.3 Å². The van der Waals surface area contributed by atoms with Crippen LogP contribution in [0.1, 0.15) is 38.7 Å². The molecule has 5 atom stereocenters. The Morgan fingerprint density at radius 2 is 2.08 bits per heavy atom. The zero-order valence-electron chi connectivity index (χ0n) is 14.5. The maximum atomic E-state index is 12.3. The highest BCUT2D eigenvalue weighted by atomic mass is 32.2. The van der Waals surface area contributed by atoms with Gasteiger partial charge in [0.1, 0.15) is 6.29 Å². The van der Waals surface area contributed by atoms with Gasteiger partial charge in [-0.1, -0.05) is 43.3 Å². The molecule has 1 N–H and O–H groups in total. The number of hydrogen-bond acceptors (Lipinski definition) is 5. The van der Waals surface area contributed by atoms with Crippen molar-refractivity contribution in [1.82, 2.24) is 0 Å². The highest BCUT2D eigenvalue weighted by Gasteiger charge is 2.36. The molecule has 0 bridgehead atoms. The lowest BCUT2D eigenvalue weighted by molar-refractivity contribution is -0.145. The summed E-state index contributed by atoms with van der Waals surface area (Å²) in [4.78, 5) is 24.1. The van der Waals surface area contributed by atoms with Crippen molar-refractivity contribution >= 4 is 23.2 Å². The number of carbonyl (C=O) groups excluding carboxylic acids is 2. The number of aryl methyl sites for hydroxylation is 1. The van der Waals surface area contributed by atoms with E-state index in [0.29, 0.717) is 12.8 Å². The lowest BCUT2D eigenvalue weighted by Gasteiger charge is -2.38. The Bertz CT molecular complexity index is 557. The van der Waals surface area contributed by atoms with Gasteiger partial charge in [-0.15, -0.1) is 0 Å². The lowest BCUT2D eigenvalue weighted by Crippen LogP contribution is -2.44. The van der Waals surface area contributed by atoms with Crippen molar-refractivity contribution in [2.75, 3.05) is 0 Å². The van der Waals surface area contributed by atoms with E-state index in [0.717, 1.165) is 16.7 Å². The van der Waals surface area contributed by atoms with E-state index in [1.54, 1.807) is 0 Å². The Morgan fingerprint density at radius 1 is 1.42 bits per heavy atom. The fourth-order valence-corrected chi connectivity index (χ4v) is 3.75. The van der Waals surface area contributed by atoms with Crippen LogP contribution in [0.3, 0.4) is 0 Å². The van der Waals surface area contributed by atoms with Crippen LogP contribution >= 0.6 is 11.8 Å². The molecule has 0 aliphatic carbocycles. The molecule has 0 aromatic heterocycles. The Kier molecular flexibility index (Phi) is 7.02. The minimum absolute atomic E-state index is 0.0245. The Balaban J connectivity index is 1.91. The Hall–Kier alpha value is -1.17. The normalized spacial score (nSPS) is 28.3. The molecule has 1 aliphatic rings. The zero-order chi connectivity index (χ0) is 17.7. The van der Waals surface area contributed by atoms with E-state index in [9.17, 15) is 14.7 Å². The summed E-state index contributed by atoms with van der Waals surface area (Å²) >= 11 is 1.21. The first-order chi connectivity index (χ1) is 11.4. The standard InChI is InChI=1S/C19H26O4S/c1-12-4-6-16(7-5-12)24-19(22)10-15-9-17(21)14(3)18(23-15)8-13(2)11-20/h4-7,11,13-15,17-18,21H,8-10H2,1-3H3/t13-,14+,15-,17-,18-/m1/s1. The van der Waals surface area contributed by atoms with Crippen LogP contribution in [0, 0.1) is 18.8 Å². The molecule has 1 heterocycles. The first-order valence-corrected chi connectivity index (χ1v) is 9.27. The van der Waals surface area contributed by atoms with Gasteiger partial charge in [0.15, 0.2) is 5.12 Å². The average molecular weight is 350 g/mol. The van der Waals surface area contributed by atoms with Crippen molar-refractivity contribution in [2.24, 2.45) is 11.8 Å². The highest BCUT2D eigenvalue weighted by Crippen LogP contribution is 2.32. The first-order valence-electron chi connectivity index (χ1n) is 8.45. The molecular weight excluding hydrogens is 324 g/mol. The van der Waals surface area contributed by atoms with Crippen LogP contribution in [0.2, 0.25) is 0 Å². The van der Waals surface area contributed by atoms with Crippen LogP contribution in [-0.4, -0.2) is 34.8 Å². The summed E-state index contributed by atoms with van der Waals surface area (Å²) in [5.41, 5.74) is 1.16. The topological polar surface area (TPSA) is 63.6 Å². The van der Waals surface area contributed by atoms with Gasteiger partial charge < -0.3 is 14.6 Å². The van der Waals surface area contributed by atoms with E-state index in [2.05, 4.69) is 0 Å². The van der Waals surface area contributed by atoms with Gasteiger partial charge in [0.2, 0.25) is 0 Å². The van der Waals surface area contributed by atoms with Crippen molar-refractivity contribution in [2.45, 2.75) is 63.2 Å². The third-order valence-electron chi connectivity index (χ3n) is 4.55. The van der Waals surface area contributed by atoms with Gasteiger partial charge in [-0.3, -0.25) is 4.79 Å². The minimum atomic E-state index is -0.496. The van der Waals surface area contributed by atoms with Crippen LogP contribution in [-0.2, 0) is 14.3 Å². The molecule has 0 amide bonds. The van der Waals surface area contributed by atoms with Crippen molar-refractivity contribution in [3.05, 3.63) is 29.8 Å². The molecule has 24 heavy (non-hydrogen) atoms. The number of aldehydes is 1. The summed E-state index contributed by atoms with van der Waals surface area (Å²) in [5.74, 6) is -0.135. The monoisotopic (exact) mass is 350 g/mol. The number of thioether (sulfide) groups is 1. The molecule has 0 radical (unpaired) electrons. The summed E-state index contributed by atoms with van der Waals surface area (Å²) in [6.07, 6.45) is 1.26. The predicted molar refractivity (Wildman–Crippen MR) is 95.0 cm³/mol. The van der Waals surface area contributed by atoms with Gasteiger partial charge in [0, 0.05) is 29.6 Å². The molecular formula is C19H26O4S. The molecule has 1 fully saturated rings. The SMILES string of the molecule is Cc1ccc(SC(=O)C[C@H]2C[C@@H](O)[C@H](C)[C@@H](C[C@@H](C)C=O)O2)cc1. The van der Waals surface area contributed by atoms with E-state index >= 15 is 0 Å². The van der Waals surface area contributed by atoms with Crippen molar-refractivity contribution in [1.29, 1.82) is 0 Å². The second-order valence-corrected chi connectivity index (χ2v) is 7.93. The van der Waals surface area contributed by atoms with E-state index in [1.807, 2.05) is 45.0 Å². The molecule has 1 aliphatic heterocycles. The number of ether oxygens (including phenoxy) is 1. The van der Waals surface area contributed by atoms with Crippen molar-refractivity contribution in [3.8, 4) is 0 Å². The zero-order valence-corrected chi connectivity index (χ0v) is 15.3. The Labute approximate surface area is 148 Å². The van der Waals surface area contributed by atoms with Gasteiger partial charge in [0.25, 0.3) is 0 Å². The third-order valence-corrected chi connectivity index (χ3v) is 5.45. The molecule has 1 saturated heterocycles. The van der Waals surface area contributed by atoms with Crippen LogP contribution in [0.4, 0.5) is 0 Å². The average Bonchev–Trinajstić information content (AvgIpc) is 2.54. The van der Waals surface area contributed by atoms with Gasteiger partial charge in [-0.25, -0.2) is 0 Å². The predicted octanol–water partition coefficient (Wildman–Crippen LogP) is 3.38. The maximum absolute atomic E-state index is 12.3. The van der Waals surface area contributed by atoms with Crippen LogP contribution < -0.4 is 0 Å². The van der Waals surface area contributed by atoms with E-state index < -0.39 is 6.10 Å². The summed E-state index contributed by atoms with van der Waals surface area (Å²) in [7, 11) is 0. The molecule has 1 aromatic carbocycles. The smallest absolute Gasteiger partial charge is 0.196 e. The summed E-state index contributed by atoms with van der Waals surface area (Å²) in [5, 5.41) is 10.3. The van der Waals surface area contributed by atoms with Crippen LogP contribution in [0.25, 0.3) is 0 Å². The summed E-state index contributed by atoms with van der Waals surface area (Å²) in [6.45, 7) is 5.79. The molecule has 0 spiro atoms. The molecule has 4 nitrogen and oxygen atoms in total. The quantitative estimate of drug-likeness (QED) is 0.629. The Morgan fingerprint density at radius 3 is 2.71 bits per heavy atom. The number of aliphatic hydroxyl groups excluding tert-OH is 1. The maximum Gasteiger partial charge on any atom is 0.196 e. The second kappa shape index (κ2) is 8.79. The molecule has 1 aromatic rings. The number of rotatable bonds is 6. The molecule has 0 unspecified atom stereocenters. The number of carbonyl (C=O) groups is 2. The van der Waals surface area contributed by atoms with E-state index in [1.165, 1.54) is 11.8 Å². The number of hydrogen-bond donors (Lipinski definition) is 1. The molecule has 2 rings (SSSR count). The van der Waals surface area contributed by atoms with E-state index in [4.69, 9.17) is 4.74 Å². The molecule has 132 valence electrons. The summed E-state index contributed by atoms with van der Waals surface area (Å²) in [6, 6.07) is 7.83. The molecule has 0 saturated carbocycles. The second-order valence-electron chi connectivity index (χ2n) is 6.80. The van der Waals surface area contributed by atoms with Gasteiger partial charge in [-0.2, -0.15) is 0 Å². The van der Waals surface area contributed by atoms with Crippen LogP contribution in [0.5, 0.6) is 0 Å². The van der Waals surface area contributed by atoms with Crippen molar-refractivity contribution in [3.63, 3.8) is 0 Å². The fraction of sp³-hybridized carbons (Fsp3) is 0.579. The van der Waals surface area contributed by atoms with Crippen LogP contribution in [0.15, 0.2) is 29.2 Å². The third kappa shape index (κ3) is 5.43. The largest absolute Gasteiger partial charge is 0.393 e. The van der Waals surface area contributed by atoms with E-state index in [-0.39, 0.29) is 35.6 Å². The minimum Gasteiger partial charge on any atom is -0.393 e. The first kappa shape index (κ1) is 19.2.